The molecule has 0 amide bonds. The van der Waals surface area contributed by atoms with Gasteiger partial charge in [0.05, 0.1) is 28.8 Å². The molecule has 0 aliphatic rings. The number of hydrogen-bond donors (Lipinski definition) is 0. The van der Waals surface area contributed by atoms with Crippen LogP contribution in [0.25, 0.3) is 10.9 Å². The maximum absolute atomic E-state index is 12.4. The van der Waals surface area contributed by atoms with E-state index in [-0.39, 0.29) is 12.3 Å². The van der Waals surface area contributed by atoms with Crippen LogP contribution >= 0.6 is 0 Å². The molecule has 0 saturated carbocycles. The molecule has 2 aromatic carbocycles. The highest BCUT2D eigenvalue weighted by atomic mass is 16.6. The van der Waals surface area contributed by atoms with Gasteiger partial charge in [-0.3, -0.25) is 15.1 Å². The topological polar surface area (TPSA) is 91.6 Å². The molecule has 0 fully saturated rings. The van der Waals surface area contributed by atoms with Crippen molar-refractivity contribution in [2.24, 2.45) is 0 Å². The number of pyridine rings is 1. The van der Waals surface area contributed by atoms with E-state index in [1.165, 1.54) is 12.1 Å². The van der Waals surface area contributed by atoms with E-state index in [2.05, 4.69) is 4.98 Å². The molecule has 3 aromatic rings. The number of benzene rings is 2. The number of methoxy groups -OCH3 is 1. The monoisotopic (exact) mass is 352 g/mol. The minimum atomic E-state index is -0.502. The number of esters is 1. The van der Waals surface area contributed by atoms with Gasteiger partial charge in [0.1, 0.15) is 12.4 Å². The molecule has 0 aliphatic carbocycles. The first-order valence-electron chi connectivity index (χ1n) is 7.84. The van der Waals surface area contributed by atoms with Crippen molar-refractivity contribution < 1.29 is 19.2 Å². The maximum atomic E-state index is 12.4. The highest BCUT2D eigenvalue weighted by molar-refractivity contribution is 5.95. The predicted molar refractivity (Wildman–Crippen MR) is 95.2 cm³/mol. The van der Waals surface area contributed by atoms with Gasteiger partial charge in [-0.1, -0.05) is 0 Å². The van der Waals surface area contributed by atoms with Crippen molar-refractivity contribution in [1.29, 1.82) is 0 Å². The lowest BCUT2D eigenvalue weighted by Crippen LogP contribution is -2.08. The lowest BCUT2D eigenvalue weighted by atomic mass is 10.1. The molecule has 7 heteroatoms. The summed E-state index contributed by atoms with van der Waals surface area (Å²) in [7, 11) is 1.57. The number of nitro benzene ring substituents is 1. The first-order chi connectivity index (χ1) is 12.5. The third-order valence-electron chi connectivity index (χ3n) is 3.95. The molecule has 0 atom stereocenters. The van der Waals surface area contributed by atoms with Crippen molar-refractivity contribution in [3.63, 3.8) is 0 Å². The summed E-state index contributed by atoms with van der Waals surface area (Å²) in [6.07, 6.45) is 0. The number of nitro groups is 1. The van der Waals surface area contributed by atoms with Gasteiger partial charge in [0.25, 0.3) is 5.69 Å². The number of hydrogen-bond acceptors (Lipinski definition) is 6. The Kier molecular flexibility index (Phi) is 4.79. The van der Waals surface area contributed by atoms with Crippen LogP contribution in [0.15, 0.2) is 48.5 Å². The molecule has 0 aliphatic heterocycles. The van der Waals surface area contributed by atoms with Crippen LogP contribution in [0.5, 0.6) is 5.75 Å². The van der Waals surface area contributed by atoms with E-state index in [9.17, 15) is 14.9 Å². The molecule has 0 unspecified atom stereocenters. The van der Waals surface area contributed by atoms with Crippen molar-refractivity contribution >= 4 is 22.6 Å². The Labute approximate surface area is 149 Å². The normalized spacial score (nSPS) is 10.5. The first-order valence-corrected chi connectivity index (χ1v) is 7.84. The lowest BCUT2D eigenvalue weighted by molar-refractivity contribution is -0.384. The highest BCUT2D eigenvalue weighted by Gasteiger charge is 2.14. The minimum Gasteiger partial charge on any atom is -0.497 e. The van der Waals surface area contributed by atoms with Crippen LogP contribution in [-0.4, -0.2) is 23.0 Å². The van der Waals surface area contributed by atoms with Gasteiger partial charge in [0.2, 0.25) is 0 Å². The van der Waals surface area contributed by atoms with Gasteiger partial charge in [0, 0.05) is 17.5 Å². The Balaban J connectivity index is 1.78. The van der Waals surface area contributed by atoms with Gasteiger partial charge < -0.3 is 9.47 Å². The Bertz CT molecular complexity index is 983. The van der Waals surface area contributed by atoms with Crippen molar-refractivity contribution in [2.45, 2.75) is 13.5 Å². The van der Waals surface area contributed by atoms with E-state index in [0.717, 1.165) is 10.9 Å². The van der Waals surface area contributed by atoms with E-state index < -0.39 is 10.9 Å². The molecule has 0 bridgehead atoms. The van der Waals surface area contributed by atoms with Gasteiger partial charge in [-0.05, 0) is 48.9 Å². The van der Waals surface area contributed by atoms with Crippen LogP contribution in [0.4, 0.5) is 5.69 Å². The number of carbonyl (C=O) groups excluding carboxylic acids is 1. The van der Waals surface area contributed by atoms with Gasteiger partial charge >= 0.3 is 5.97 Å². The van der Waals surface area contributed by atoms with E-state index >= 15 is 0 Å². The summed E-state index contributed by atoms with van der Waals surface area (Å²) in [6.45, 7) is 1.76. The maximum Gasteiger partial charge on any atom is 0.340 e. The summed E-state index contributed by atoms with van der Waals surface area (Å²) in [5.41, 5.74) is 2.35. The van der Waals surface area contributed by atoms with Gasteiger partial charge in [-0.15, -0.1) is 0 Å². The Morgan fingerprint density at radius 1 is 1.15 bits per heavy atom. The zero-order valence-corrected chi connectivity index (χ0v) is 14.3. The lowest BCUT2D eigenvalue weighted by Gasteiger charge is -2.09. The summed E-state index contributed by atoms with van der Waals surface area (Å²) >= 11 is 0. The summed E-state index contributed by atoms with van der Waals surface area (Å²) in [5, 5.41) is 11.4. The van der Waals surface area contributed by atoms with Crippen molar-refractivity contribution in [3.05, 3.63) is 75.5 Å². The Morgan fingerprint density at radius 3 is 2.54 bits per heavy atom. The Hall–Kier alpha value is -3.48. The molecule has 0 N–H and O–H groups in total. The fourth-order valence-corrected chi connectivity index (χ4v) is 2.53. The standard InChI is InChI=1S/C19H16N2O5/c1-12-17(10-14-9-16(25-2)7-8-18(14)20-12)19(22)26-11-13-3-5-15(6-4-13)21(23)24/h3-10H,11H2,1-2H3. The molecule has 3 rings (SSSR count). The van der Waals surface area contributed by atoms with Crippen LogP contribution in [0, 0.1) is 17.0 Å². The third kappa shape index (κ3) is 3.61. The number of nitrogens with zero attached hydrogens (tertiary/aromatic N) is 2. The molecule has 1 aromatic heterocycles. The van der Waals surface area contributed by atoms with Crippen LogP contribution < -0.4 is 4.74 Å². The van der Waals surface area contributed by atoms with Gasteiger partial charge in [-0.2, -0.15) is 0 Å². The first kappa shape index (κ1) is 17.3. The fraction of sp³-hybridized carbons (Fsp3) is 0.158. The number of non-ortho nitro benzene ring substituents is 1. The summed E-state index contributed by atoms with van der Waals surface area (Å²) in [6, 6.07) is 13.0. The number of rotatable bonds is 5. The average molecular weight is 352 g/mol. The number of aromatic nitrogens is 1. The minimum absolute atomic E-state index is 0.0106. The molecule has 0 radical (unpaired) electrons. The van der Waals surface area contributed by atoms with E-state index in [1.807, 2.05) is 6.07 Å². The highest BCUT2D eigenvalue weighted by Crippen LogP contribution is 2.22. The number of aryl methyl sites for hydroxylation is 1. The second-order valence-corrected chi connectivity index (χ2v) is 5.68. The zero-order chi connectivity index (χ0) is 18.7. The molecule has 26 heavy (non-hydrogen) atoms. The quantitative estimate of drug-likeness (QED) is 0.394. The second kappa shape index (κ2) is 7.18. The Morgan fingerprint density at radius 2 is 1.88 bits per heavy atom. The number of ether oxygens (including phenoxy) is 2. The average Bonchev–Trinajstić information content (AvgIpc) is 2.65. The smallest absolute Gasteiger partial charge is 0.340 e. The van der Waals surface area contributed by atoms with Crippen LogP contribution in [0.2, 0.25) is 0 Å². The van der Waals surface area contributed by atoms with Crippen LogP contribution in [0.1, 0.15) is 21.6 Å². The van der Waals surface area contributed by atoms with Gasteiger partial charge in [-0.25, -0.2) is 4.79 Å². The molecule has 132 valence electrons. The molecule has 0 spiro atoms. The molecular formula is C19H16N2O5. The summed E-state index contributed by atoms with van der Waals surface area (Å²) in [4.78, 5) is 27.0. The van der Waals surface area contributed by atoms with Crippen LogP contribution in [0.3, 0.4) is 0 Å². The van der Waals surface area contributed by atoms with E-state index in [1.54, 1.807) is 44.4 Å². The SMILES string of the molecule is COc1ccc2nc(C)c(C(=O)OCc3ccc([N+](=O)[O-])cc3)cc2c1. The third-order valence-corrected chi connectivity index (χ3v) is 3.95. The molecule has 1 heterocycles. The van der Waals surface area contributed by atoms with Gasteiger partial charge in [0.15, 0.2) is 0 Å². The van der Waals surface area contributed by atoms with Crippen LogP contribution in [-0.2, 0) is 11.3 Å². The second-order valence-electron chi connectivity index (χ2n) is 5.68. The summed E-state index contributed by atoms with van der Waals surface area (Å²) < 4.78 is 10.5. The van der Waals surface area contributed by atoms with E-state index in [4.69, 9.17) is 9.47 Å². The summed E-state index contributed by atoms with van der Waals surface area (Å²) in [5.74, 6) is 0.173. The van der Waals surface area contributed by atoms with Crippen molar-refractivity contribution in [2.75, 3.05) is 7.11 Å². The van der Waals surface area contributed by atoms with Crippen molar-refractivity contribution in [1.82, 2.24) is 4.98 Å². The predicted octanol–water partition coefficient (Wildman–Crippen LogP) is 3.82. The van der Waals surface area contributed by atoms with E-state index in [0.29, 0.717) is 22.6 Å². The zero-order valence-electron chi connectivity index (χ0n) is 14.3. The largest absolute Gasteiger partial charge is 0.497 e. The fourth-order valence-electron chi connectivity index (χ4n) is 2.53. The molecule has 0 saturated heterocycles. The van der Waals surface area contributed by atoms with Crippen molar-refractivity contribution in [3.8, 4) is 5.75 Å². The number of fused-ring (bicyclic) bond motifs is 1. The molecular weight excluding hydrogens is 336 g/mol. The number of carbonyl (C=O) groups is 1. The molecule has 7 nitrogen and oxygen atoms in total.